The van der Waals surface area contributed by atoms with E-state index in [0.717, 1.165) is 4.31 Å². The van der Waals surface area contributed by atoms with Gasteiger partial charge in [0.05, 0.1) is 31.6 Å². The van der Waals surface area contributed by atoms with Crippen LogP contribution >= 0.6 is 0 Å². The topological polar surface area (TPSA) is 114 Å². The van der Waals surface area contributed by atoms with Gasteiger partial charge in [0.2, 0.25) is 10.0 Å². The van der Waals surface area contributed by atoms with Crippen molar-refractivity contribution in [1.29, 1.82) is 0 Å². The summed E-state index contributed by atoms with van der Waals surface area (Å²) in [6.45, 7) is 1.12. The Balaban J connectivity index is 1.70. The molecule has 2 saturated heterocycles. The number of ether oxygens (including phenoxy) is 3. The van der Waals surface area contributed by atoms with Gasteiger partial charge in [-0.05, 0) is 25.0 Å². The van der Waals surface area contributed by atoms with E-state index in [4.69, 9.17) is 14.2 Å². The number of benzene rings is 1. The zero-order valence-corrected chi connectivity index (χ0v) is 18.8. The third-order valence-electron chi connectivity index (χ3n) is 5.60. The average Bonchev–Trinajstić information content (AvgIpc) is 3.13. The Bertz CT molecular complexity index is 921. The molecule has 2 aliphatic rings. The number of sulfonamides is 1. The molecule has 0 saturated carbocycles. The number of nitrogens with one attached hydrogen (secondary N) is 1. The summed E-state index contributed by atoms with van der Waals surface area (Å²) >= 11 is 0. The van der Waals surface area contributed by atoms with Gasteiger partial charge in [0.25, 0.3) is 11.8 Å². The first-order valence-electron chi connectivity index (χ1n) is 10.1. The molecule has 0 radical (unpaired) electrons. The number of hydrogen-bond acceptors (Lipinski definition) is 8. The number of nitrogens with zero attached hydrogens (tertiary/aromatic N) is 2. The Labute approximate surface area is 182 Å². The van der Waals surface area contributed by atoms with Gasteiger partial charge in [-0.15, -0.1) is 0 Å². The quantitative estimate of drug-likeness (QED) is 0.549. The van der Waals surface area contributed by atoms with Crippen LogP contribution < -0.4 is 14.8 Å². The molecule has 0 aliphatic carbocycles. The molecule has 2 atom stereocenters. The van der Waals surface area contributed by atoms with Gasteiger partial charge in [0.1, 0.15) is 11.5 Å². The fourth-order valence-electron chi connectivity index (χ4n) is 4.01. The maximum atomic E-state index is 13.0. The number of carbonyl (C=O) groups is 2. The van der Waals surface area contributed by atoms with Crippen LogP contribution in [0.4, 0.5) is 0 Å². The van der Waals surface area contributed by atoms with E-state index >= 15 is 0 Å². The number of methoxy groups -OCH3 is 3. The molecule has 0 bridgehead atoms. The minimum atomic E-state index is -3.66. The summed E-state index contributed by atoms with van der Waals surface area (Å²) in [6.07, 6.45) is 0.783. The summed E-state index contributed by atoms with van der Waals surface area (Å²) in [5.74, 6) is 0.0697. The van der Waals surface area contributed by atoms with Crippen LogP contribution in [0.1, 0.15) is 23.2 Å². The fraction of sp³-hybridized carbons (Fsp3) is 0.600. The van der Waals surface area contributed by atoms with Gasteiger partial charge in [-0.3, -0.25) is 14.5 Å². The highest BCUT2D eigenvalue weighted by Gasteiger charge is 2.45. The second kappa shape index (κ2) is 9.84. The molecule has 11 heteroatoms. The van der Waals surface area contributed by atoms with Crippen LogP contribution in [0.25, 0.3) is 0 Å². The average molecular weight is 456 g/mol. The fourth-order valence-corrected chi connectivity index (χ4v) is 5.50. The lowest BCUT2D eigenvalue weighted by Gasteiger charge is -2.23. The van der Waals surface area contributed by atoms with E-state index in [-0.39, 0.29) is 30.8 Å². The highest BCUT2D eigenvalue weighted by atomic mass is 32.2. The molecular weight excluding hydrogens is 426 g/mol. The molecule has 1 N–H and O–H groups in total. The molecule has 1 aromatic carbocycles. The largest absolute Gasteiger partial charge is 0.497 e. The molecule has 31 heavy (non-hydrogen) atoms. The molecule has 0 unspecified atom stereocenters. The second-order valence-corrected chi connectivity index (χ2v) is 9.57. The zero-order valence-electron chi connectivity index (χ0n) is 18.0. The Morgan fingerprint density at radius 1 is 1.23 bits per heavy atom. The third kappa shape index (κ3) is 5.10. The molecule has 2 amide bonds. The second-order valence-electron chi connectivity index (χ2n) is 7.56. The lowest BCUT2D eigenvalue weighted by molar-refractivity contribution is -0.130. The number of rotatable bonds is 8. The van der Waals surface area contributed by atoms with E-state index in [1.165, 1.54) is 21.3 Å². The van der Waals surface area contributed by atoms with Crippen molar-refractivity contribution in [2.45, 2.75) is 24.9 Å². The van der Waals surface area contributed by atoms with Gasteiger partial charge in [0, 0.05) is 45.5 Å². The van der Waals surface area contributed by atoms with E-state index in [1.807, 2.05) is 4.90 Å². The summed E-state index contributed by atoms with van der Waals surface area (Å²) in [5, 5.41) is 2.95. The van der Waals surface area contributed by atoms with Crippen molar-refractivity contribution in [2.75, 3.05) is 53.3 Å². The Kier molecular flexibility index (Phi) is 7.39. The molecule has 172 valence electrons. The molecule has 0 aromatic heterocycles. The number of carbonyl (C=O) groups excluding carboxylic acids is 2. The van der Waals surface area contributed by atoms with Crippen molar-refractivity contribution in [3.05, 3.63) is 23.8 Å². The lowest BCUT2D eigenvalue weighted by atomic mass is 10.1. The van der Waals surface area contributed by atoms with E-state index in [1.54, 1.807) is 18.2 Å². The molecule has 1 aromatic rings. The lowest BCUT2D eigenvalue weighted by Crippen LogP contribution is -2.44. The molecule has 2 fully saturated rings. The standard InChI is InChI=1S/C20H29N3O7S/c1-28-9-4-7-23-20(25)17-11-14(13-22(17)8-10-31(23,26)27)21-19(24)16-6-5-15(29-2)12-18(16)30-3/h5-6,12,14,17H,4,7-11,13H2,1-3H3,(H,21,24)/t14-,17-/m0/s1. The highest BCUT2D eigenvalue weighted by molar-refractivity contribution is 7.89. The monoisotopic (exact) mass is 455 g/mol. The van der Waals surface area contributed by atoms with Crippen LogP contribution in [0.15, 0.2) is 18.2 Å². The summed E-state index contributed by atoms with van der Waals surface area (Å²) in [4.78, 5) is 27.7. The van der Waals surface area contributed by atoms with Crippen LogP contribution in [0.3, 0.4) is 0 Å². The number of amides is 2. The van der Waals surface area contributed by atoms with Crippen molar-refractivity contribution in [1.82, 2.24) is 14.5 Å². The maximum absolute atomic E-state index is 13.0. The van der Waals surface area contributed by atoms with Gasteiger partial charge in [-0.25, -0.2) is 12.7 Å². The SMILES string of the molecule is COCCCN1C(=O)[C@@H]2C[C@H](NC(=O)c3ccc(OC)cc3OC)CN2CCS1(=O)=O. The summed E-state index contributed by atoms with van der Waals surface area (Å²) in [6, 6.07) is 4.06. The van der Waals surface area contributed by atoms with Crippen molar-refractivity contribution in [2.24, 2.45) is 0 Å². The van der Waals surface area contributed by atoms with Crippen molar-refractivity contribution in [3.8, 4) is 11.5 Å². The van der Waals surface area contributed by atoms with E-state index in [0.29, 0.717) is 43.1 Å². The van der Waals surface area contributed by atoms with E-state index in [9.17, 15) is 18.0 Å². The van der Waals surface area contributed by atoms with Crippen molar-refractivity contribution >= 4 is 21.8 Å². The molecule has 10 nitrogen and oxygen atoms in total. The minimum absolute atomic E-state index is 0.0966. The van der Waals surface area contributed by atoms with Crippen LogP contribution in [0.5, 0.6) is 11.5 Å². The number of hydrogen-bond donors (Lipinski definition) is 1. The summed E-state index contributed by atoms with van der Waals surface area (Å²) < 4.78 is 41.5. The van der Waals surface area contributed by atoms with Gasteiger partial charge >= 0.3 is 0 Å². The predicted octanol–water partition coefficient (Wildman–Crippen LogP) is 0.0850. The van der Waals surface area contributed by atoms with Crippen molar-refractivity contribution in [3.63, 3.8) is 0 Å². The first kappa shape index (κ1) is 23.3. The zero-order chi connectivity index (χ0) is 22.6. The van der Waals surface area contributed by atoms with Gasteiger partial charge in [0.15, 0.2) is 0 Å². The highest BCUT2D eigenvalue weighted by Crippen LogP contribution is 2.27. The maximum Gasteiger partial charge on any atom is 0.255 e. The Morgan fingerprint density at radius 2 is 2.00 bits per heavy atom. The first-order chi connectivity index (χ1) is 14.8. The molecule has 3 rings (SSSR count). The molecule has 0 spiro atoms. The van der Waals surface area contributed by atoms with E-state index in [2.05, 4.69) is 5.32 Å². The number of fused-ring (bicyclic) bond motifs is 1. The van der Waals surface area contributed by atoms with Gasteiger partial charge in [-0.1, -0.05) is 0 Å². The van der Waals surface area contributed by atoms with Crippen LogP contribution in [-0.2, 0) is 19.6 Å². The summed E-state index contributed by atoms with van der Waals surface area (Å²) in [5.41, 5.74) is 0.362. The molecular formula is C20H29N3O7S. The smallest absolute Gasteiger partial charge is 0.255 e. The van der Waals surface area contributed by atoms with Crippen molar-refractivity contribution < 1.29 is 32.2 Å². The third-order valence-corrected chi connectivity index (χ3v) is 7.34. The first-order valence-corrected chi connectivity index (χ1v) is 11.7. The predicted molar refractivity (Wildman–Crippen MR) is 113 cm³/mol. The minimum Gasteiger partial charge on any atom is -0.497 e. The van der Waals surface area contributed by atoms with E-state index < -0.39 is 22.0 Å². The molecule has 2 heterocycles. The molecule has 2 aliphatic heterocycles. The summed E-state index contributed by atoms with van der Waals surface area (Å²) in [7, 11) is 0.874. The Morgan fingerprint density at radius 3 is 2.68 bits per heavy atom. The van der Waals surface area contributed by atoms with Crippen LogP contribution in [0.2, 0.25) is 0 Å². The van der Waals surface area contributed by atoms with Crippen LogP contribution in [0, 0.1) is 0 Å². The van der Waals surface area contributed by atoms with Gasteiger partial charge < -0.3 is 19.5 Å². The van der Waals surface area contributed by atoms with Crippen LogP contribution in [-0.4, -0.2) is 94.8 Å². The van der Waals surface area contributed by atoms with Gasteiger partial charge in [-0.2, -0.15) is 0 Å². The normalized spacial score (nSPS) is 23.2. The Hall–Kier alpha value is -2.37.